The lowest BCUT2D eigenvalue weighted by molar-refractivity contribution is 1.34. The van der Waals surface area contributed by atoms with Gasteiger partial charge in [0.2, 0.25) is 0 Å². The second-order valence-electron chi connectivity index (χ2n) is 1.97. The highest BCUT2D eigenvalue weighted by atomic mass is 14.7. The zero-order valence-electron chi connectivity index (χ0n) is 5.26. The van der Waals surface area contributed by atoms with Crippen LogP contribution in [-0.2, 0) is 0 Å². The molecule has 1 aromatic heterocycles. The number of aromatic nitrogens is 1. The van der Waals surface area contributed by atoms with Crippen LogP contribution in [0.2, 0.25) is 0 Å². The lowest BCUT2D eigenvalue weighted by Gasteiger charge is -1.97. The number of rotatable bonds is 0. The van der Waals surface area contributed by atoms with Gasteiger partial charge in [0.25, 0.3) is 0 Å². The number of nitrogens with zero attached hydrogens (tertiary/aromatic N) is 1. The fourth-order valence-electron chi connectivity index (χ4n) is 0.588. The molecule has 0 unspecified atom stereocenters. The molecule has 2 radical (unpaired) electrons. The summed E-state index contributed by atoms with van der Waals surface area (Å²) in [5, 5.41) is 0. The molecule has 0 spiro atoms. The normalized spacial score (nSPS) is 9.44. The summed E-state index contributed by atoms with van der Waals surface area (Å²) in [6.07, 6.45) is 1.56. The van der Waals surface area contributed by atoms with Crippen LogP contribution in [0.3, 0.4) is 0 Å². The van der Waals surface area contributed by atoms with Gasteiger partial charge >= 0.3 is 0 Å². The number of hydrogen-bond acceptors (Lipinski definition) is 2. The largest absolute Gasteiger partial charge is 0.397 e. The van der Waals surface area contributed by atoms with Crippen LogP contribution in [0.5, 0.6) is 0 Å². The summed E-state index contributed by atoms with van der Waals surface area (Å²) in [6, 6.07) is 1.75. The molecule has 3 heteroatoms. The summed E-state index contributed by atoms with van der Waals surface area (Å²) in [5.41, 5.74) is 7.65. The number of pyridine rings is 1. The third-order valence-electron chi connectivity index (χ3n) is 1.17. The SMILES string of the molecule is [B]c1cc(C)c(N)cn1. The van der Waals surface area contributed by atoms with E-state index in [0.717, 1.165) is 5.56 Å². The van der Waals surface area contributed by atoms with Crippen molar-refractivity contribution in [3.63, 3.8) is 0 Å². The van der Waals surface area contributed by atoms with E-state index in [4.69, 9.17) is 13.6 Å². The zero-order valence-corrected chi connectivity index (χ0v) is 5.26. The maximum atomic E-state index is 5.47. The highest BCUT2D eigenvalue weighted by Crippen LogP contribution is 2.02. The highest BCUT2D eigenvalue weighted by Gasteiger charge is 1.90. The average Bonchev–Trinajstić information content (AvgIpc) is 1.80. The van der Waals surface area contributed by atoms with E-state index >= 15 is 0 Å². The first-order valence-electron chi connectivity index (χ1n) is 2.68. The van der Waals surface area contributed by atoms with Gasteiger partial charge in [-0.1, -0.05) is 0 Å². The van der Waals surface area contributed by atoms with E-state index in [1.54, 1.807) is 12.3 Å². The summed E-state index contributed by atoms with van der Waals surface area (Å²) in [7, 11) is 5.36. The molecule has 0 saturated carbocycles. The Balaban J connectivity index is 3.17. The van der Waals surface area contributed by atoms with E-state index in [0.29, 0.717) is 11.3 Å². The lowest BCUT2D eigenvalue weighted by Crippen LogP contribution is -2.08. The van der Waals surface area contributed by atoms with E-state index in [1.807, 2.05) is 6.92 Å². The minimum absolute atomic E-state index is 0.515. The third kappa shape index (κ3) is 1.22. The molecule has 1 aromatic rings. The van der Waals surface area contributed by atoms with Crippen molar-refractivity contribution >= 4 is 19.1 Å². The molecule has 1 heterocycles. The topological polar surface area (TPSA) is 38.9 Å². The fourth-order valence-corrected chi connectivity index (χ4v) is 0.588. The van der Waals surface area contributed by atoms with Crippen LogP contribution < -0.4 is 11.3 Å². The molecule has 2 N–H and O–H groups in total. The lowest BCUT2D eigenvalue weighted by atomic mass is 10.0. The Hall–Kier alpha value is -0.985. The van der Waals surface area contributed by atoms with E-state index in [9.17, 15) is 0 Å². The van der Waals surface area contributed by atoms with Crippen LogP contribution in [0.4, 0.5) is 5.69 Å². The van der Waals surface area contributed by atoms with Crippen molar-refractivity contribution in [1.29, 1.82) is 0 Å². The van der Waals surface area contributed by atoms with Crippen molar-refractivity contribution in [2.45, 2.75) is 6.92 Å². The molecule has 0 atom stereocenters. The van der Waals surface area contributed by atoms with E-state index in [2.05, 4.69) is 4.98 Å². The Morgan fingerprint density at radius 2 is 2.33 bits per heavy atom. The number of anilines is 1. The summed E-state index contributed by atoms with van der Waals surface area (Å²) in [4.78, 5) is 3.79. The van der Waals surface area contributed by atoms with Crippen molar-refractivity contribution in [3.05, 3.63) is 17.8 Å². The van der Waals surface area contributed by atoms with Crippen molar-refractivity contribution in [2.24, 2.45) is 0 Å². The van der Waals surface area contributed by atoms with E-state index in [-0.39, 0.29) is 0 Å². The molecule has 44 valence electrons. The maximum Gasteiger partial charge on any atom is 0.141 e. The van der Waals surface area contributed by atoms with E-state index < -0.39 is 0 Å². The first kappa shape index (κ1) is 6.14. The van der Waals surface area contributed by atoms with Gasteiger partial charge < -0.3 is 5.73 Å². The van der Waals surface area contributed by atoms with Crippen LogP contribution in [-0.4, -0.2) is 12.8 Å². The van der Waals surface area contributed by atoms with Crippen molar-refractivity contribution in [3.8, 4) is 0 Å². The van der Waals surface area contributed by atoms with E-state index in [1.165, 1.54) is 0 Å². The molecule has 0 amide bonds. The standard InChI is InChI=1S/C6H7BN2/c1-4-2-6(7)9-3-5(4)8/h2-3H,8H2,1H3. The highest BCUT2D eigenvalue weighted by molar-refractivity contribution is 6.30. The minimum Gasteiger partial charge on any atom is -0.397 e. The van der Waals surface area contributed by atoms with Crippen LogP contribution in [0.15, 0.2) is 12.3 Å². The van der Waals surface area contributed by atoms with Gasteiger partial charge in [-0.2, -0.15) is 0 Å². The van der Waals surface area contributed by atoms with Crippen LogP contribution >= 0.6 is 0 Å². The second kappa shape index (κ2) is 2.09. The first-order chi connectivity index (χ1) is 4.20. The number of nitrogen functional groups attached to an aromatic ring is 1. The smallest absolute Gasteiger partial charge is 0.141 e. The van der Waals surface area contributed by atoms with Crippen LogP contribution in [0, 0.1) is 6.92 Å². The predicted molar refractivity (Wildman–Crippen MR) is 38.8 cm³/mol. The zero-order chi connectivity index (χ0) is 6.85. The Bertz CT molecular complexity index is 222. The Labute approximate surface area is 55.5 Å². The molecule has 0 saturated heterocycles. The molecule has 0 aliphatic carbocycles. The second-order valence-corrected chi connectivity index (χ2v) is 1.97. The number of hydrogen-bond donors (Lipinski definition) is 1. The number of nitrogens with two attached hydrogens (primary N) is 1. The van der Waals surface area contributed by atoms with Crippen molar-refractivity contribution in [2.75, 3.05) is 5.73 Å². The molecule has 0 fully saturated rings. The Morgan fingerprint density at radius 3 is 2.78 bits per heavy atom. The first-order valence-corrected chi connectivity index (χ1v) is 2.68. The van der Waals surface area contributed by atoms with Gasteiger partial charge in [-0.25, -0.2) is 0 Å². The van der Waals surface area contributed by atoms with Gasteiger partial charge in [0, 0.05) is 6.20 Å². The third-order valence-corrected chi connectivity index (χ3v) is 1.17. The van der Waals surface area contributed by atoms with Gasteiger partial charge in [-0.3, -0.25) is 4.98 Å². The molecular weight excluding hydrogens is 111 g/mol. The van der Waals surface area contributed by atoms with Gasteiger partial charge in [-0.15, -0.1) is 0 Å². The van der Waals surface area contributed by atoms with Gasteiger partial charge in [0.05, 0.1) is 5.69 Å². The molecule has 0 aromatic carbocycles. The fraction of sp³-hybridized carbons (Fsp3) is 0.167. The molecule has 0 bridgehead atoms. The molecule has 2 nitrogen and oxygen atoms in total. The van der Waals surface area contributed by atoms with Gasteiger partial charge in [0.1, 0.15) is 7.85 Å². The molecule has 0 aliphatic rings. The van der Waals surface area contributed by atoms with Crippen LogP contribution in [0.1, 0.15) is 5.56 Å². The number of aryl methyl sites for hydroxylation is 1. The summed E-state index contributed by atoms with van der Waals surface area (Å²) >= 11 is 0. The van der Waals surface area contributed by atoms with Crippen LogP contribution in [0.25, 0.3) is 0 Å². The summed E-state index contributed by atoms with van der Waals surface area (Å²) < 4.78 is 0. The van der Waals surface area contributed by atoms with Crippen molar-refractivity contribution < 1.29 is 0 Å². The van der Waals surface area contributed by atoms with Gasteiger partial charge in [-0.05, 0) is 24.1 Å². The average molecular weight is 118 g/mol. The Kier molecular flexibility index (Phi) is 1.43. The maximum absolute atomic E-state index is 5.47. The summed E-state index contributed by atoms with van der Waals surface area (Å²) in [5.74, 6) is 0. The Morgan fingerprint density at radius 1 is 1.67 bits per heavy atom. The van der Waals surface area contributed by atoms with Crippen molar-refractivity contribution in [1.82, 2.24) is 4.98 Å². The van der Waals surface area contributed by atoms with Gasteiger partial charge in [0.15, 0.2) is 0 Å². The molecular formula is C6H7BN2. The monoisotopic (exact) mass is 118 g/mol. The molecule has 1 rings (SSSR count). The molecule has 9 heavy (non-hydrogen) atoms. The quantitative estimate of drug-likeness (QED) is 0.477. The summed E-state index contributed by atoms with van der Waals surface area (Å²) in [6.45, 7) is 1.90. The predicted octanol–water partition coefficient (Wildman–Crippen LogP) is -0.234. The minimum atomic E-state index is 0.515. The molecule has 0 aliphatic heterocycles.